The SMILES string of the molecule is Cc1ccc(CN(Cc2ccccc2)C(=O)CO)c(Cl)c1Cl. The Bertz CT molecular complexity index is 659. The van der Waals surface area contributed by atoms with Gasteiger partial charge < -0.3 is 10.0 Å². The molecule has 0 unspecified atom stereocenters. The average Bonchev–Trinajstić information content (AvgIpc) is 2.54. The Labute approximate surface area is 140 Å². The smallest absolute Gasteiger partial charge is 0.248 e. The first kappa shape index (κ1) is 16.8. The fourth-order valence-electron chi connectivity index (χ4n) is 2.15. The molecular formula is C17H17Cl2NO2. The van der Waals surface area contributed by atoms with Crippen molar-refractivity contribution >= 4 is 29.1 Å². The van der Waals surface area contributed by atoms with Crippen LogP contribution in [0.15, 0.2) is 42.5 Å². The highest BCUT2D eigenvalue weighted by molar-refractivity contribution is 6.42. The summed E-state index contributed by atoms with van der Waals surface area (Å²) in [5, 5.41) is 10.1. The fraction of sp³-hybridized carbons (Fsp3) is 0.235. The average molecular weight is 338 g/mol. The lowest BCUT2D eigenvalue weighted by atomic mass is 10.1. The molecule has 5 heteroatoms. The molecule has 116 valence electrons. The molecular weight excluding hydrogens is 321 g/mol. The van der Waals surface area contributed by atoms with Crippen LogP contribution in [-0.2, 0) is 17.9 Å². The van der Waals surface area contributed by atoms with Gasteiger partial charge >= 0.3 is 0 Å². The Hall–Kier alpha value is -1.55. The van der Waals surface area contributed by atoms with Crippen LogP contribution >= 0.6 is 23.2 Å². The normalized spacial score (nSPS) is 10.5. The minimum absolute atomic E-state index is 0.299. The van der Waals surface area contributed by atoms with Crippen molar-refractivity contribution < 1.29 is 9.90 Å². The van der Waals surface area contributed by atoms with Gasteiger partial charge in [0.05, 0.1) is 10.0 Å². The minimum Gasteiger partial charge on any atom is -0.387 e. The maximum Gasteiger partial charge on any atom is 0.248 e. The first-order valence-corrected chi connectivity index (χ1v) is 7.64. The highest BCUT2D eigenvalue weighted by atomic mass is 35.5. The van der Waals surface area contributed by atoms with E-state index in [0.29, 0.717) is 23.1 Å². The first-order chi connectivity index (χ1) is 10.5. The molecule has 1 N–H and O–H groups in total. The molecule has 0 radical (unpaired) electrons. The number of benzene rings is 2. The Morgan fingerprint density at radius 1 is 1.05 bits per heavy atom. The number of carbonyl (C=O) groups is 1. The van der Waals surface area contributed by atoms with Gasteiger partial charge in [0.2, 0.25) is 5.91 Å². The van der Waals surface area contributed by atoms with E-state index in [1.807, 2.05) is 49.4 Å². The van der Waals surface area contributed by atoms with Crippen LogP contribution in [0.1, 0.15) is 16.7 Å². The van der Waals surface area contributed by atoms with E-state index >= 15 is 0 Å². The number of hydrogen-bond donors (Lipinski definition) is 1. The van der Waals surface area contributed by atoms with Crippen molar-refractivity contribution in [1.29, 1.82) is 0 Å². The van der Waals surface area contributed by atoms with Crippen LogP contribution in [0.5, 0.6) is 0 Å². The van der Waals surface area contributed by atoms with E-state index < -0.39 is 6.61 Å². The maximum atomic E-state index is 12.0. The molecule has 0 saturated carbocycles. The lowest BCUT2D eigenvalue weighted by molar-refractivity contribution is -0.135. The topological polar surface area (TPSA) is 40.5 Å². The molecule has 0 spiro atoms. The number of amides is 1. The summed E-state index contributed by atoms with van der Waals surface area (Å²) in [6, 6.07) is 13.3. The molecule has 22 heavy (non-hydrogen) atoms. The second-order valence-corrected chi connectivity index (χ2v) is 5.82. The number of carbonyl (C=O) groups excluding carboxylic acids is 1. The third-order valence-corrected chi connectivity index (χ3v) is 4.44. The molecule has 3 nitrogen and oxygen atoms in total. The lowest BCUT2D eigenvalue weighted by Crippen LogP contribution is -2.32. The Balaban J connectivity index is 2.24. The van der Waals surface area contributed by atoms with Gasteiger partial charge in [-0.25, -0.2) is 0 Å². The maximum absolute atomic E-state index is 12.0. The van der Waals surface area contributed by atoms with Crippen LogP contribution < -0.4 is 0 Å². The quantitative estimate of drug-likeness (QED) is 0.900. The summed E-state index contributed by atoms with van der Waals surface area (Å²) in [7, 11) is 0. The molecule has 0 heterocycles. The predicted molar refractivity (Wildman–Crippen MR) is 89.0 cm³/mol. The van der Waals surface area contributed by atoms with Crippen molar-refractivity contribution in [2.75, 3.05) is 6.61 Å². The molecule has 2 rings (SSSR count). The summed E-state index contributed by atoms with van der Waals surface area (Å²) in [5.41, 5.74) is 2.63. The molecule has 0 aliphatic rings. The van der Waals surface area contributed by atoms with E-state index in [1.54, 1.807) is 4.90 Å². The second-order valence-electron chi connectivity index (χ2n) is 5.06. The van der Waals surface area contributed by atoms with Crippen LogP contribution in [0, 0.1) is 6.92 Å². The molecule has 0 fully saturated rings. The van der Waals surface area contributed by atoms with Crippen molar-refractivity contribution in [3.63, 3.8) is 0 Å². The Kier molecular flexibility index (Phi) is 5.83. The second kappa shape index (κ2) is 7.63. The van der Waals surface area contributed by atoms with Gasteiger partial charge in [-0.2, -0.15) is 0 Å². The standard InChI is InChI=1S/C17H17Cl2NO2/c1-12-7-8-14(17(19)16(12)18)10-20(15(22)11-21)9-13-5-3-2-4-6-13/h2-8,21H,9-11H2,1H3. The highest BCUT2D eigenvalue weighted by Gasteiger charge is 2.16. The summed E-state index contributed by atoms with van der Waals surface area (Å²) in [6.45, 7) is 2.04. The van der Waals surface area contributed by atoms with E-state index in [-0.39, 0.29) is 5.91 Å². The minimum atomic E-state index is -0.538. The van der Waals surface area contributed by atoms with Crippen molar-refractivity contribution in [2.24, 2.45) is 0 Å². The van der Waals surface area contributed by atoms with Crippen molar-refractivity contribution in [3.8, 4) is 0 Å². The van der Waals surface area contributed by atoms with Gasteiger partial charge in [-0.1, -0.05) is 65.7 Å². The fourth-order valence-corrected chi connectivity index (χ4v) is 2.61. The number of nitrogens with zero attached hydrogens (tertiary/aromatic N) is 1. The summed E-state index contributed by atoms with van der Waals surface area (Å²) in [6.07, 6.45) is 0. The summed E-state index contributed by atoms with van der Waals surface area (Å²) in [4.78, 5) is 13.5. The van der Waals surface area contributed by atoms with Gasteiger partial charge in [0, 0.05) is 13.1 Å². The van der Waals surface area contributed by atoms with E-state index in [1.165, 1.54) is 0 Å². The summed E-state index contributed by atoms with van der Waals surface area (Å²) < 4.78 is 0. The highest BCUT2D eigenvalue weighted by Crippen LogP contribution is 2.30. The van der Waals surface area contributed by atoms with E-state index in [0.717, 1.165) is 16.7 Å². The van der Waals surface area contributed by atoms with E-state index in [2.05, 4.69) is 0 Å². The number of aryl methyl sites for hydroxylation is 1. The molecule has 0 saturated heterocycles. The van der Waals surface area contributed by atoms with Gasteiger partial charge in [-0.05, 0) is 23.6 Å². The molecule has 0 aliphatic heterocycles. The summed E-state index contributed by atoms with van der Waals surface area (Å²) in [5.74, 6) is -0.350. The number of rotatable bonds is 5. The van der Waals surface area contributed by atoms with Crippen LogP contribution in [0.3, 0.4) is 0 Å². The van der Waals surface area contributed by atoms with Crippen molar-refractivity contribution in [2.45, 2.75) is 20.0 Å². The van der Waals surface area contributed by atoms with Crippen LogP contribution in [0.25, 0.3) is 0 Å². The van der Waals surface area contributed by atoms with E-state index in [9.17, 15) is 9.90 Å². The summed E-state index contributed by atoms with van der Waals surface area (Å²) >= 11 is 12.4. The van der Waals surface area contributed by atoms with E-state index in [4.69, 9.17) is 23.2 Å². The van der Waals surface area contributed by atoms with Crippen LogP contribution in [-0.4, -0.2) is 22.5 Å². The molecule has 2 aromatic rings. The zero-order chi connectivity index (χ0) is 16.1. The van der Waals surface area contributed by atoms with Crippen molar-refractivity contribution in [3.05, 3.63) is 69.2 Å². The number of aliphatic hydroxyl groups excluding tert-OH is 1. The lowest BCUT2D eigenvalue weighted by Gasteiger charge is -2.23. The molecule has 0 aliphatic carbocycles. The molecule has 0 bridgehead atoms. The molecule has 0 aromatic heterocycles. The third-order valence-electron chi connectivity index (χ3n) is 3.42. The zero-order valence-electron chi connectivity index (χ0n) is 12.2. The van der Waals surface area contributed by atoms with Crippen molar-refractivity contribution in [1.82, 2.24) is 4.90 Å². The van der Waals surface area contributed by atoms with Gasteiger partial charge in [0.25, 0.3) is 0 Å². The molecule has 1 amide bonds. The first-order valence-electron chi connectivity index (χ1n) is 6.89. The van der Waals surface area contributed by atoms with Crippen LogP contribution in [0.2, 0.25) is 10.0 Å². The monoisotopic (exact) mass is 337 g/mol. The predicted octanol–water partition coefficient (Wildman–Crippen LogP) is 3.82. The van der Waals surface area contributed by atoms with Gasteiger partial charge in [-0.3, -0.25) is 4.79 Å². The van der Waals surface area contributed by atoms with Gasteiger partial charge in [0.15, 0.2) is 0 Å². The molecule has 2 aromatic carbocycles. The molecule has 0 atom stereocenters. The number of halogens is 2. The van der Waals surface area contributed by atoms with Gasteiger partial charge in [0.1, 0.15) is 6.61 Å². The third kappa shape index (κ3) is 4.01. The zero-order valence-corrected chi connectivity index (χ0v) is 13.7. The number of hydrogen-bond acceptors (Lipinski definition) is 2. The number of aliphatic hydroxyl groups is 1. The van der Waals surface area contributed by atoms with Crippen LogP contribution in [0.4, 0.5) is 0 Å². The Morgan fingerprint density at radius 2 is 1.73 bits per heavy atom. The Morgan fingerprint density at radius 3 is 2.36 bits per heavy atom. The largest absolute Gasteiger partial charge is 0.387 e. The van der Waals surface area contributed by atoms with Gasteiger partial charge in [-0.15, -0.1) is 0 Å².